The number of rotatable bonds is 4. The van der Waals surface area contributed by atoms with E-state index in [1.807, 2.05) is 0 Å². The van der Waals surface area contributed by atoms with Gasteiger partial charge in [-0.05, 0) is 19.1 Å². The topological polar surface area (TPSA) is 57.6 Å². The summed E-state index contributed by atoms with van der Waals surface area (Å²) in [6, 6.07) is 4.03. The Morgan fingerprint density at radius 1 is 1.59 bits per heavy atom. The fraction of sp³-hybridized carbons (Fsp3) is 0.273. The molecular formula is C11H11BrFNO3. The molecule has 1 aromatic carbocycles. The van der Waals surface area contributed by atoms with Crippen molar-refractivity contribution in [1.29, 1.82) is 0 Å². The fourth-order valence-corrected chi connectivity index (χ4v) is 1.78. The number of hydrogen-bond acceptors (Lipinski definition) is 2. The summed E-state index contributed by atoms with van der Waals surface area (Å²) >= 11 is 3.08. The van der Waals surface area contributed by atoms with Crippen molar-refractivity contribution in [3.05, 3.63) is 34.1 Å². The van der Waals surface area contributed by atoms with Crippen LogP contribution in [0.1, 0.15) is 12.5 Å². The van der Waals surface area contributed by atoms with Crippen molar-refractivity contribution in [1.82, 2.24) is 4.90 Å². The molecule has 1 aromatic rings. The van der Waals surface area contributed by atoms with Gasteiger partial charge in [0.1, 0.15) is 5.82 Å². The van der Waals surface area contributed by atoms with Crippen LogP contribution in [0.25, 0.3) is 0 Å². The predicted molar refractivity (Wildman–Crippen MR) is 62.9 cm³/mol. The first-order valence-electron chi connectivity index (χ1n) is 4.71. The van der Waals surface area contributed by atoms with E-state index >= 15 is 0 Å². The minimum atomic E-state index is -1.73. The molecule has 0 radical (unpaired) electrons. The number of amides is 1. The summed E-state index contributed by atoms with van der Waals surface area (Å²) < 4.78 is 14.3. The van der Waals surface area contributed by atoms with Crippen LogP contribution in [0.3, 0.4) is 0 Å². The molecule has 1 N–H and O–H groups in total. The molecule has 0 aliphatic rings. The highest BCUT2D eigenvalue weighted by atomic mass is 79.9. The van der Waals surface area contributed by atoms with E-state index in [1.165, 1.54) is 26.1 Å². The van der Waals surface area contributed by atoms with Crippen LogP contribution in [0.15, 0.2) is 22.7 Å². The summed E-state index contributed by atoms with van der Waals surface area (Å²) in [6.45, 7) is 1.27. The lowest BCUT2D eigenvalue weighted by atomic mass is 9.90. The van der Waals surface area contributed by atoms with Gasteiger partial charge in [-0.2, -0.15) is 0 Å². The number of benzene rings is 1. The number of likely N-dealkylation sites (N-methyl/N-ethyl adjacent to an activating group) is 1. The van der Waals surface area contributed by atoms with E-state index in [-0.39, 0.29) is 5.56 Å². The van der Waals surface area contributed by atoms with Gasteiger partial charge in [0.2, 0.25) is 6.41 Å². The first-order chi connectivity index (χ1) is 7.83. The molecule has 0 aromatic heterocycles. The zero-order chi connectivity index (χ0) is 13.2. The van der Waals surface area contributed by atoms with Gasteiger partial charge >= 0.3 is 5.97 Å². The van der Waals surface area contributed by atoms with Crippen LogP contribution < -0.4 is 0 Å². The number of halogens is 2. The number of carbonyl (C=O) groups is 2. The molecule has 0 aliphatic heterocycles. The molecule has 0 heterocycles. The number of carbonyl (C=O) groups excluding carboxylic acids is 1. The van der Waals surface area contributed by atoms with Crippen LogP contribution in [-0.4, -0.2) is 29.4 Å². The lowest BCUT2D eigenvalue weighted by Gasteiger charge is -2.32. The molecule has 0 saturated heterocycles. The summed E-state index contributed by atoms with van der Waals surface area (Å²) in [5.41, 5.74) is -1.80. The highest BCUT2D eigenvalue weighted by Crippen LogP contribution is 2.30. The molecule has 0 bridgehead atoms. The van der Waals surface area contributed by atoms with Crippen LogP contribution >= 0.6 is 15.9 Å². The molecule has 1 atom stereocenters. The maximum atomic E-state index is 13.8. The molecule has 4 nitrogen and oxygen atoms in total. The Labute approximate surface area is 106 Å². The first-order valence-corrected chi connectivity index (χ1v) is 5.50. The van der Waals surface area contributed by atoms with Gasteiger partial charge in [0.05, 0.1) is 0 Å². The Bertz CT molecular complexity index is 466. The van der Waals surface area contributed by atoms with Crippen LogP contribution in [0.4, 0.5) is 4.39 Å². The van der Waals surface area contributed by atoms with Crippen LogP contribution in [0, 0.1) is 5.82 Å². The SMILES string of the molecule is CN(C=O)C(C)(C(=O)O)c1ccc(Br)cc1F. The van der Waals surface area contributed by atoms with E-state index in [4.69, 9.17) is 0 Å². The Morgan fingerprint density at radius 3 is 2.59 bits per heavy atom. The largest absolute Gasteiger partial charge is 0.479 e. The van der Waals surface area contributed by atoms with Gasteiger partial charge < -0.3 is 10.0 Å². The summed E-state index contributed by atoms with van der Waals surface area (Å²) in [4.78, 5) is 22.9. The van der Waals surface area contributed by atoms with Gasteiger partial charge in [-0.3, -0.25) is 4.79 Å². The van der Waals surface area contributed by atoms with Gasteiger partial charge in [-0.25, -0.2) is 9.18 Å². The molecule has 0 spiro atoms. The average Bonchev–Trinajstić information content (AvgIpc) is 2.26. The first kappa shape index (κ1) is 13.6. The minimum Gasteiger partial charge on any atom is -0.479 e. The third kappa shape index (κ3) is 2.31. The number of carboxylic acid groups (broad SMARTS) is 1. The van der Waals surface area contributed by atoms with E-state index in [9.17, 15) is 19.1 Å². The number of nitrogens with zero attached hydrogens (tertiary/aromatic N) is 1. The predicted octanol–water partition coefficient (Wildman–Crippen LogP) is 1.98. The second-order valence-electron chi connectivity index (χ2n) is 3.72. The molecule has 1 unspecified atom stereocenters. The van der Waals surface area contributed by atoms with E-state index in [0.29, 0.717) is 10.9 Å². The van der Waals surface area contributed by atoms with Gasteiger partial charge in [0.25, 0.3) is 0 Å². The maximum absolute atomic E-state index is 13.8. The Kier molecular flexibility index (Phi) is 3.87. The van der Waals surface area contributed by atoms with Crippen LogP contribution in [-0.2, 0) is 15.1 Å². The quantitative estimate of drug-likeness (QED) is 0.865. The summed E-state index contributed by atoms with van der Waals surface area (Å²) in [5, 5.41) is 9.20. The third-order valence-electron chi connectivity index (χ3n) is 2.74. The fourth-order valence-electron chi connectivity index (χ4n) is 1.45. The standard InChI is InChI=1S/C11H11BrFNO3/c1-11(10(16)17,14(2)6-15)8-4-3-7(12)5-9(8)13/h3-6H,1-2H3,(H,16,17). The van der Waals surface area contributed by atoms with Crippen molar-refractivity contribution in [3.63, 3.8) is 0 Å². The zero-order valence-corrected chi connectivity index (χ0v) is 10.9. The molecule has 17 heavy (non-hydrogen) atoms. The van der Waals surface area contributed by atoms with Gasteiger partial charge in [-0.1, -0.05) is 22.0 Å². The monoisotopic (exact) mass is 303 g/mol. The lowest BCUT2D eigenvalue weighted by Crippen LogP contribution is -2.47. The average molecular weight is 304 g/mol. The highest BCUT2D eigenvalue weighted by Gasteiger charge is 2.41. The number of hydrogen-bond donors (Lipinski definition) is 1. The normalized spacial score (nSPS) is 13.9. The van der Waals surface area contributed by atoms with E-state index in [0.717, 1.165) is 11.0 Å². The molecule has 6 heteroatoms. The minimum absolute atomic E-state index is 0.0669. The Hall–Kier alpha value is -1.43. The third-order valence-corrected chi connectivity index (χ3v) is 3.23. The summed E-state index contributed by atoms with van der Waals surface area (Å²) in [5.74, 6) is -1.98. The zero-order valence-electron chi connectivity index (χ0n) is 9.28. The van der Waals surface area contributed by atoms with Crippen molar-refractivity contribution < 1.29 is 19.1 Å². The number of carboxylic acids is 1. The Balaban J connectivity index is 3.42. The van der Waals surface area contributed by atoms with Crippen molar-refractivity contribution in [2.45, 2.75) is 12.5 Å². The Morgan fingerprint density at radius 2 is 2.18 bits per heavy atom. The molecule has 1 rings (SSSR count). The summed E-state index contributed by atoms with van der Waals surface area (Å²) in [6.07, 6.45) is 0.357. The summed E-state index contributed by atoms with van der Waals surface area (Å²) in [7, 11) is 1.29. The van der Waals surface area contributed by atoms with Crippen molar-refractivity contribution in [2.75, 3.05) is 7.05 Å². The maximum Gasteiger partial charge on any atom is 0.334 e. The molecule has 1 amide bonds. The number of aliphatic carboxylic acids is 1. The van der Waals surface area contributed by atoms with Crippen molar-refractivity contribution in [2.24, 2.45) is 0 Å². The van der Waals surface area contributed by atoms with Gasteiger partial charge in [0, 0.05) is 17.1 Å². The van der Waals surface area contributed by atoms with E-state index in [1.54, 1.807) is 0 Å². The van der Waals surface area contributed by atoms with Gasteiger partial charge in [-0.15, -0.1) is 0 Å². The molecule has 0 fully saturated rings. The molecule has 0 aliphatic carbocycles. The van der Waals surface area contributed by atoms with Crippen LogP contribution in [0.2, 0.25) is 0 Å². The smallest absolute Gasteiger partial charge is 0.334 e. The molecule has 0 saturated carbocycles. The lowest BCUT2D eigenvalue weighted by molar-refractivity contribution is -0.153. The van der Waals surface area contributed by atoms with Gasteiger partial charge in [0.15, 0.2) is 5.54 Å². The van der Waals surface area contributed by atoms with Crippen LogP contribution in [0.5, 0.6) is 0 Å². The van der Waals surface area contributed by atoms with Crippen molar-refractivity contribution >= 4 is 28.3 Å². The second kappa shape index (κ2) is 4.83. The molecular weight excluding hydrogens is 293 g/mol. The second-order valence-corrected chi connectivity index (χ2v) is 4.63. The van der Waals surface area contributed by atoms with E-state index < -0.39 is 17.3 Å². The van der Waals surface area contributed by atoms with Crippen molar-refractivity contribution in [3.8, 4) is 0 Å². The molecule has 92 valence electrons. The van der Waals surface area contributed by atoms with E-state index in [2.05, 4.69) is 15.9 Å². The highest BCUT2D eigenvalue weighted by molar-refractivity contribution is 9.10.